The van der Waals surface area contributed by atoms with Gasteiger partial charge in [0.05, 0.1) is 6.10 Å². The quantitative estimate of drug-likeness (QED) is 0.767. The molecule has 2 unspecified atom stereocenters. The van der Waals surface area contributed by atoms with E-state index in [4.69, 9.17) is 10.5 Å². The molecule has 2 aliphatic rings. The largest absolute Gasteiger partial charge is 0.378 e. The first kappa shape index (κ1) is 19.2. The van der Waals surface area contributed by atoms with Crippen molar-refractivity contribution in [1.82, 2.24) is 10.2 Å². The predicted octanol–water partition coefficient (Wildman–Crippen LogP) is 1.43. The topological polar surface area (TPSA) is 84.7 Å². The van der Waals surface area contributed by atoms with Crippen LogP contribution < -0.4 is 11.1 Å². The molecule has 0 spiro atoms. The normalized spacial score (nSPS) is 29.5. The lowest BCUT2D eigenvalue weighted by Crippen LogP contribution is -2.75. The summed E-state index contributed by atoms with van der Waals surface area (Å²) in [5.74, 6) is -0.0459. The maximum absolute atomic E-state index is 12.5. The first-order valence-electron chi connectivity index (χ1n) is 9.29. The number of likely N-dealkylation sites (tertiary alicyclic amines) is 1. The fraction of sp³-hybridized carbons (Fsp3) is 0.889. The molecule has 2 atom stereocenters. The molecule has 2 fully saturated rings. The lowest BCUT2D eigenvalue weighted by Gasteiger charge is -2.57. The highest BCUT2D eigenvalue weighted by Crippen LogP contribution is 2.49. The molecule has 24 heavy (non-hydrogen) atoms. The van der Waals surface area contributed by atoms with Gasteiger partial charge in [-0.15, -0.1) is 0 Å². The van der Waals surface area contributed by atoms with Gasteiger partial charge < -0.3 is 20.7 Å². The lowest BCUT2D eigenvalue weighted by molar-refractivity contribution is -0.170. The van der Waals surface area contributed by atoms with Crippen molar-refractivity contribution in [2.45, 2.75) is 70.9 Å². The molecular formula is C18H33N3O3. The van der Waals surface area contributed by atoms with Crippen LogP contribution in [-0.2, 0) is 14.3 Å². The molecule has 0 aromatic carbocycles. The monoisotopic (exact) mass is 339 g/mol. The molecule has 0 radical (unpaired) electrons. The molecule has 1 aliphatic carbocycles. The molecule has 6 heteroatoms. The fourth-order valence-corrected chi connectivity index (χ4v) is 3.74. The van der Waals surface area contributed by atoms with Gasteiger partial charge in [0.2, 0.25) is 11.8 Å². The number of nitrogens with one attached hydrogen (secondary N) is 1. The first-order valence-corrected chi connectivity index (χ1v) is 9.29. The second-order valence-corrected chi connectivity index (χ2v) is 7.64. The molecule has 138 valence electrons. The summed E-state index contributed by atoms with van der Waals surface area (Å²) >= 11 is 0. The Hall–Kier alpha value is -1.14. The van der Waals surface area contributed by atoms with E-state index in [9.17, 15) is 9.59 Å². The molecule has 0 aromatic rings. The summed E-state index contributed by atoms with van der Waals surface area (Å²) in [7, 11) is 0. The van der Waals surface area contributed by atoms with E-state index in [-0.39, 0.29) is 17.9 Å². The standard InChI is InChI=1S/C18H33N3O3/c1-4-24-14-13-18(19,17(14,2)3)16(23)20-10-9-15(22)21-11-7-5-6-8-12-21/h14H,4-13,19H2,1-3H3,(H,20,23). The van der Waals surface area contributed by atoms with E-state index < -0.39 is 11.0 Å². The third kappa shape index (κ3) is 3.75. The number of nitrogens with zero attached hydrogens (tertiary/aromatic N) is 1. The van der Waals surface area contributed by atoms with Gasteiger partial charge in [-0.25, -0.2) is 0 Å². The number of rotatable bonds is 6. The van der Waals surface area contributed by atoms with Gasteiger partial charge in [-0.2, -0.15) is 0 Å². The summed E-state index contributed by atoms with van der Waals surface area (Å²) in [6.07, 6.45) is 5.45. The Kier molecular flexibility index (Phi) is 6.26. The Morgan fingerprint density at radius 1 is 1.21 bits per heavy atom. The van der Waals surface area contributed by atoms with Crippen LogP contribution in [0.15, 0.2) is 0 Å². The number of amides is 2. The zero-order chi connectivity index (χ0) is 17.8. The highest BCUT2D eigenvalue weighted by Gasteiger charge is 2.62. The molecular weight excluding hydrogens is 306 g/mol. The summed E-state index contributed by atoms with van der Waals surface area (Å²) in [5.41, 5.74) is 5.02. The van der Waals surface area contributed by atoms with Gasteiger partial charge in [-0.3, -0.25) is 9.59 Å². The Morgan fingerprint density at radius 3 is 2.38 bits per heavy atom. The minimum atomic E-state index is -0.918. The van der Waals surface area contributed by atoms with Crippen LogP contribution in [0.1, 0.15) is 59.3 Å². The van der Waals surface area contributed by atoms with Crippen molar-refractivity contribution < 1.29 is 14.3 Å². The molecule has 1 saturated heterocycles. The second-order valence-electron chi connectivity index (χ2n) is 7.64. The number of carbonyl (C=O) groups is 2. The third-order valence-electron chi connectivity index (χ3n) is 5.82. The summed E-state index contributed by atoms with van der Waals surface area (Å²) in [6, 6.07) is 0. The molecule has 2 amide bonds. The van der Waals surface area contributed by atoms with Crippen LogP contribution in [-0.4, -0.2) is 54.6 Å². The van der Waals surface area contributed by atoms with Crippen LogP contribution in [0.5, 0.6) is 0 Å². The molecule has 6 nitrogen and oxygen atoms in total. The van der Waals surface area contributed by atoms with Gasteiger partial charge >= 0.3 is 0 Å². The molecule has 0 bridgehead atoms. The van der Waals surface area contributed by atoms with Crippen molar-refractivity contribution >= 4 is 11.8 Å². The van der Waals surface area contributed by atoms with Crippen LogP contribution in [0, 0.1) is 5.41 Å². The van der Waals surface area contributed by atoms with E-state index >= 15 is 0 Å². The van der Waals surface area contributed by atoms with E-state index in [1.54, 1.807) is 0 Å². The molecule has 1 saturated carbocycles. The van der Waals surface area contributed by atoms with Crippen LogP contribution in [0.2, 0.25) is 0 Å². The van der Waals surface area contributed by atoms with Gasteiger partial charge in [0.15, 0.2) is 0 Å². The Bertz CT molecular complexity index is 458. The van der Waals surface area contributed by atoms with E-state index in [2.05, 4.69) is 5.32 Å². The third-order valence-corrected chi connectivity index (χ3v) is 5.82. The van der Waals surface area contributed by atoms with E-state index in [1.807, 2.05) is 25.7 Å². The maximum Gasteiger partial charge on any atom is 0.240 e. The highest BCUT2D eigenvalue weighted by molar-refractivity contribution is 5.89. The van der Waals surface area contributed by atoms with Crippen molar-refractivity contribution in [3.63, 3.8) is 0 Å². The molecule has 3 N–H and O–H groups in total. The van der Waals surface area contributed by atoms with Crippen LogP contribution in [0.25, 0.3) is 0 Å². The van der Waals surface area contributed by atoms with Gasteiger partial charge in [0, 0.05) is 44.5 Å². The van der Waals surface area contributed by atoms with Crippen molar-refractivity contribution in [3.05, 3.63) is 0 Å². The molecule has 1 aliphatic heterocycles. The van der Waals surface area contributed by atoms with Crippen molar-refractivity contribution in [2.24, 2.45) is 11.1 Å². The Labute approximate surface area is 145 Å². The summed E-state index contributed by atoms with van der Waals surface area (Å²) in [5, 5.41) is 2.86. The summed E-state index contributed by atoms with van der Waals surface area (Å²) < 4.78 is 5.65. The number of hydrogen-bond acceptors (Lipinski definition) is 4. The molecule has 1 heterocycles. The average molecular weight is 339 g/mol. The Morgan fingerprint density at radius 2 is 1.83 bits per heavy atom. The van der Waals surface area contributed by atoms with E-state index in [0.717, 1.165) is 25.9 Å². The second kappa shape index (κ2) is 7.83. The molecule has 2 rings (SSSR count). The smallest absolute Gasteiger partial charge is 0.240 e. The zero-order valence-electron chi connectivity index (χ0n) is 15.4. The predicted molar refractivity (Wildman–Crippen MR) is 93.4 cm³/mol. The average Bonchev–Trinajstić information content (AvgIpc) is 2.83. The van der Waals surface area contributed by atoms with Gasteiger partial charge in [0.25, 0.3) is 0 Å². The van der Waals surface area contributed by atoms with E-state index in [0.29, 0.717) is 26.0 Å². The number of nitrogens with two attached hydrogens (primary N) is 1. The van der Waals surface area contributed by atoms with Crippen LogP contribution in [0.4, 0.5) is 0 Å². The highest BCUT2D eigenvalue weighted by atomic mass is 16.5. The van der Waals surface area contributed by atoms with Gasteiger partial charge in [0.1, 0.15) is 5.54 Å². The van der Waals surface area contributed by atoms with Gasteiger partial charge in [-0.05, 0) is 19.8 Å². The van der Waals surface area contributed by atoms with Gasteiger partial charge in [-0.1, -0.05) is 26.7 Å². The van der Waals surface area contributed by atoms with Crippen molar-refractivity contribution in [2.75, 3.05) is 26.2 Å². The maximum atomic E-state index is 12.5. The first-order chi connectivity index (χ1) is 11.3. The fourth-order valence-electron chi connectivity index (χ4n) is 3.74. The Balaban J connectivity index is 1.78. The van der Waals surface area contributed by atoms with Crippen LogP contribution in [0.3, 0.4) is 0 Å². The zero-order valence-corrected chi connectivity index (χ0v) is 15.4. The minimum absolute atomic E-state index is 0.0111. The van der Waals surface area contributed by atoms with Crippen molar-refractivity contribution in [1.29, 1.82) is 0 Å². The lowest BCUT2D eigenvalue weighted by atomic mass is 9.54. The van der Waals surface area contributed by atoms with E-state index in [1.165, 1.54) is 12.8 Å². The van der Waals surface area contributed by atoms with Crippen molar-refractivity contribution in [3.8, 4) is 0 Å². The number of hydrogen-bond donors (Lipinski definition) is 2. The van der Waals surface area contributed by atoms with Crippen LogP contribution >= 0.6 is 0 Å². The number of carbonyl (C=O) groups excluding carboxylic acids is 2. The minimum Gasteiger partial charge on any atom is -0.378 e. The summed E-state index contributed by atoms with van der Waals surface area (Å²) in [6.45, 7) is 8.55. The number of ether oxygens (including phenoxy) is 1. The SMILES string of the molecule is CCOC1CC(N)(C(=O)NCCC(=O)N2CCCCCC2)C1(C)C. The molecule has 0 aromatic heterocycles. The summed E-state index contributed by atoms with van der Waals surface area (Å²) in [4.78, 5) is 26.7.